The third kappa shape index (κ3) is 8.51. The highest BCUT2D eigenvalue weighted by Crippen LogP contribution is 2.79. The van der Waals surface area contributed by atoms with Gasteiger partial charge in [0.25, 0.3) is 0 Å². The minimum absolute atomic E-state index is 0.0450. The van der Waals surface area contributed by atoms with Crippen LogP contribution >= 0.6 is 0 Å². The molecule has 22 saturated carbocycles. The lowest BCUT2D eigenvalue weighted by atomic mass is 9.59. The summed E-state index contributed by atoms with van der Waals surface area (Å²) in [6.45, 7) is 21.6. The maximum atomic E-state index is 12.0. The molecule has 6 aliphatic heterocycles. The maximum absolute atomic E-state index is 12.0. The Morgan fingerprint density at radius 2 is 0.738 bits per heavy atom. The SMILES string of the molecule is CC1C(CO)C2CC1C1C3CC(C4COC(=O)C43)C21.CC1C2CC(C1C)C1(CCOC1=O)C2.CC1CC2CC1C1C2C2CC1C1(COC(=O)C1)C2.CC1CC2CC1C1C3CC(C21)C1(COC(=O)C1)C3.CC1CC2CC1C1C3CC(C4C(=O)OCC34)C21.CC1CC2CC1C1C3CC(C4COC(=O)C43)C21. The lowest BCUT2D eigenvalue weighted by Gasteiger charge is -2.44. The molecule has 0 aromatic rings. The number of aliphatic hydroxyl groups excluding tert-OH is 1. The van der Waals surface area contributed by atoms with Gasteiger partial charge in [-0.15, -0.1) is 0 Å². The van der Waals surface area contributed by atoms with Crippen molar-refractivity contribution < 1.29 is 62.3 Å². The van der Waals surface area contributed by atoms with E-state index in [9.17, 15) is 33.9 Å². The highest BCUT2D eigenvalue weighted by molar-refractivity contribution is 5.80. The van der Waals surface area contributed by atoms with Crippen molar-refractivity contribution in [3.63, 3.8) is 0 Å². The lowest BCUT2D eigenvalue weighted by molar-refractivity contribution is -0.150. The smallest absolute Gasteiger partial charge is 0.312 e. The molecular weight excluding hydrogens is 1290 g/mol. The Bertz CT molecular complexity index is 3570. The van der Waals surface area contributed by atoms with Crippen molar-refractivity contribution in [2.45, 2.75) is 183 Å². The fraction of sp³-hybridized carbons (Fsp3) is 0.933. The Morgan fingerprint density at radius 1 is 0.330 bits per heavy atom. The Balaban J connectivity index is 0.0000000760. The Kier molecular flexibility index (Phi) is 14.4. The molecule has 3 spiro atoms. The molecule has 0 amide bonds. The number of hydrogen-bond donors (Lipinski definition) is 1. The molecule has 562 valence electrons. The van der Waals surface area contributed by atoms with E-state index in [-0.39, 0.29) is 58.0 Å². The van der Waals surface area contributed by atoms with E-state index in [0.29, 0.717) is 84.9 Å². The second-order valence-corrected chi connectivity index (χ2v) is 44.3. The molecule has 49 unspecified atom stereocenters. The van der Waals surface area contributed by atoms with Gasteiger partial charge in [0.1, 0.15) is 0 Å². The molecule has 0 aromatic heterocycles. The number of cyclic esters (lactones) is 6. The van der Waals surface area contributed by atoms with Crippen LogP contribution in [-0.2, 0) is 57.2 Å². The van der Waals surface area contributed by atoms with Gasteiger partial charge >= 0.3 is 35.8 Å². The van der Waals surface area contributed by atoms with Crippen LogP contribution in [0.1, 0.15) is 183 Å². The van der Waals surface area contributed by atoms with E-state index in [2.05, 4.69) is 48.5 Å². The summed E-state index contributed by atoms with van der Waals surface area (Å²) in [6, 6.07) is 0. The number of fused-ring (bicyclic) bond motifs is 59. The zero-order chi connectivity index (χ0) is 69.6. The van der Waals surface area contributed by atoms with E-state index >= 15 is 0 Å². The summed E-state index contributed by atoms with van der Waals surface area (Å²) in [6.07, 6.45) is 27.5. The third-order valence-electron chi connectivity index (χ3n) is 42.4. The summed E-state index contributed by atoms with van der Waals surface area (Å²) in [5.74, 6) is 38.1. The van der Waals surface area contributed by atoms with Crippen LogP contribution in [0.25, 0.3) is 0 Å². The van der Waals surface area contributed by atoms with E-state index in [0.717, 1.165) is 253 Å². The number of aliphatic hydroxyl groups is 1. The maximum Gasteiger partial charge on any atom is 0.312 e. The number of carbonyl (C=O) groups is 6. The molecule has 0 aromatic carbocycles. The van der Waals surface area contributed by atoms with Crippen LogP contribution in [-0.4, -0.2) is 87.2 Å². The van der Waals surface area contributed by atoms with Crippen LogP contribution in [0.15, 0.2) is 0 Å². The van der Waals surface area contributed by atoms with E-state index in [1.807, 2.05) is 0 Å². The zero-order valence-corrected chi connectivity index (χ0v) is 63.2. The average molecular weight is 1410 g/mol. The standard InChI is InChI=1S/C16H22O3.2C16H22O2.2C15H20O2.C12H18O2/c1-6-7-2-8(11(6)4-17)14-9-3-10(13(7)14)15-12(9)5-19-16(15)18;1-8-2-9-3-11(8)14-10-4-12(15(9)14)16(5-10)6-13(17)18-7-16;1-8-2-9-3-11(8)15-12-4-10(14(9)15)5-16(12)6-13(17)18-7-16;1-6-2-7-3-8(6)13-9-4-10(12(7)13)14-11(9)5-17-15(14)16;1-6-2-7-3-8(6)13-10-4-9(12(7)13)11-5-17-15(16)14(10)11;1-7-8(2)10-5-9(7)6-12(10)3-4-14-11(12)13/h6-15,17H,2-5H2,1H3;2*8-12,14-15H,2-7H2,1H3;2*6-14H,2-5H2,1H3;7-10H,3-6H2,1-2H3. The molecule has 103 heavy (non-hydrogen) atoms. The van der Waals surface area contributed by atoms with E-state index < -0.39 is 0 Å². The zero-order valence-electron chi connectivity index (χ0n) is 63.2. The van der Waals surface area contributed by atoms with Gasteiger partial charge in [-0.2, -0.15) is 0 Å². The predicted molar refractivity (Wildman–Crippen MR) is 377 cm³/mol. The highest BCUT2D eigenvalue weighted by atomic mass is 16.6. The van der Waals surface area contributed by atoms with E-state index in [4.69, 9.17) is 28.4 Å². The van der Waals surface area contributed by atoms with Gasteiger partial charge in [0, 0.05) is 35.2 Å². The van der Waals surface area contributed by atoms with Crippen LogP contribution in [0.4, 0.5) is 0 Å². The molecule has 6 saturated heterocycles. The van der Waals surface area contributed by atoms with Crippen molar-refractivity contribution in [2.75, 3.05) is 46.2 Å². The van der Waals surface area contributed by atoms with Gasteiger partial charge in [0.15, 0.2) is 0 Å². The van der Waals surface area contributed by atoms with E-state index in [1.165, 1.54) is 109 Å². The highest BCUT2D eigenvalue weighted by Gasteiger charge is 2.76. The van der Waals surface area contributed by atoms with Gasteiger partial charge in [-0.1, -0.05) is 48.5 Å². The lowest BCUT2D eigenvalue weighted by Crippen LogP contribution is -2.44. The van der Waals surface area contributed by atoms with Crippen LogP contribution in [0, 0.1) is 288 Å². The third-order valence-corrected chi connectivity index (χ3v) is 42.4. The first-order valence-corrected chi connectivity index (χ1v) is 44.3. The van der Waals surface area contributed by atoms with Crippen molar-refractivity contribution in [1.82, 2.24) is 0 Å². The molecule has 13 nitrogen and oxygen atoms in total. The van der Waals surface area contributed by atoms with Gasteiger partial charge in [-0.3, -0.25) is 28.8 Å². The monoisotopic (exact) mass is 1410 g/mol. The molecule has 49 atom stereocenters. The Morgan fingerprint density at radius 3 is 1.22 bits per heavy atom. The molecule has 22 aliphatic carbocycles. The van der Waals surface area contributed by atoms with Gasteiger partial charge in [-0.05, 0) is 359 Å². The predicted octanol–water partition coefficient (Wildman–Crippen LogP) is 14.2. The van der Waals surface area contributed by atoms with Crippen molar-refractivity contribution >= 4 is 35.8 Å². The van der Waals surface area contributed by atoms with Crippen molar-refractivity contribution in [1.29, 1.82) is 0 Å². The van der Waals surface area contributed by atoms with Crippen LogP contribution < -0.4 is 0 Å². The fourth-order valence-corrected chi connectivity index (χ4v) is 39.9. The number of ether oxygens (including phenoxy) is 6. The minimum Gasteiger partial charge on any atom is -0.465 e. The first-order valence-electron chi connectivity index (χ1n) is 44.3. The van der Waals surface area contributed by atoms with Gasteiger partial charge in [0.2, 0.25) is 0 Å². The average Bonchev–Trinajstić information content (AvgIpc) is 1.52. The van der Waals surface area contributed by atoms with Crippen molar-refractivity contribution in [3.05, 3.63) is 0 Å². The summed E-state index contributed by atoms with van der Waals surface area (Å²) in [4.78, 5) is 70.7. The van der Waals surface area contributed by atoms with Crippen LogP contribution in [0.3, 0.4) is 0 Å². The summed E-state index contributed by atoms with van der Waals surface area (Å²) in [7, 11) is 0. The molecule has 1 N–H and O–H groups in total. The largest absolute Gasteiger partial charge is 0.465 e. The summed E-state index contributed by atoms with van der Waals surface area (Å²) < 4.78 is 31.9. The number of rotatable bonds is 1. The molecule has 13 heteroatoms. The first-order chi connectivity index (χ1) is 49.7. The molecule has 0 radical (unpaired) electrons. The Hall–Kier alpha value is -3.22. The minimum atomic E-state index is -0.0450. The number of carbonyl (C=O) groups excluding carboxylic acids is 6. The van der Waals surface area contributed by atoms with Crippen molar-refractivity contribution in [2.24, 2.45) is 288 Å². The van der Waals surface area contributed by atoms with Crippen LogP contribution in [0.2, 0.25) is 0 Å². The number of hydrogen-bond acceptors (Lipinski definition) is 13. The molecule has 28 fully saturated rings. The summed E-state index contributed by atoms with van der Waals surface area (Å²) >= 11 is 0. The normalized spacial score (nSPS) is 63.6. The molecule has 6 heterocycles. The Labute approximate surface area is 613 Å². The van der Waals surface area contributed by atoms with Crippen LogP contribution in [0.5, 0.6) is 0 Å². The summed E-state index contributed by atoms with van der Waals surface area (Å²) in [5.41, 5.74) is 0.528. The first kappa shape index (κ1) is 65.6. The second-order valence-electron chi connectivity index (χ2n) is 44.3. The molecule has 28 rings (SSSR count). The molecule has 22 bridgehead atoms. The second kappa shape index (κ2) is 22.5. The van der Waals surface area contributed by atoms with E-state index in [1.54, 1.807) is 0 Å². The fourth-order valence-electron chi connectivity index (χ4n) is 39.9. The van der Waals surface area contributed by atoms with Gasteiger partial charge < -0.3 is 33.5 Å². The quantitative estimate of drug-likeness (QED) is 0.149. The topological polar surface area (TPSA) is 178 Å². The summed E-state index contributed by atoms with van der Waals surface area (Å²) in [5, 5.41) is 9.70. The molecule has 28 aliphatic rings. The van der Waals surface area contributed by atoms with Gasteiger partial charge in [-0.25, -0.2) is 0 Å². The number of esters is 6. The van der Waals surface area contributed by atoms with Crippen molar-refractivity contribution in [3.8, 4) is 0 Å². The molecular formula is C90H124O13. The van der Waals surface area contributed by atoms with Gasteiger partial charge in [0.05, 0.1) is 75.7 Å².